The number of halogens is 1. The topological polar surface area (TPSA) is 119 Å². The van der Waals surface area contributed by atoms with Gasteiger partial charge >= 0.3 is 0 Å². The highest BCUT2D eigenvalue weighted by Gasteiger charge is 2.20. The van der Waals surface area contributed by atoms with E-state index in [9.17, 15) is 9.59 Å². The molecule has 0 aliphatic carbocycles. The molecule has 4 rings (SSSR count). The number of rotatable bonds is 9. The first-order chi connectivity index (χ1) is 19.3. The summed E-state index contributed by atoms with van der Waals surface area (Å²) in [5, 5.41) is 6.32. The van der Waals surface area contributed by atoms with Crippen LogP contribution in [0.5, 0.6) is 5.75 Å². The molecule has 0 unspecified atom stereocenters. The van der Waals surface area contributed by atoms with Gasteiger partial charge in [0.2, 0.25) is 5.91 Å². The molecule has 0 saturated heterocycles. The number of ether oxygens (including phenoxy) is 1. The quantitative estimate of drug-likeness (QED) is 0.141. The number of nitrogens with two attached hydrogens (primary N) is 1. The maximum atomic E-state index is 13.0. The summed E-state index contributed by atoms with van der Waals surface area (Å²) in [4.78, 5) is 30.1. The van der Waals surface area contributed by atoms with E-state index in [2.05, 4.69) is 20.0 Å². The molecular formula is C30H28ClN5O3S. The molecular weight excluding hydrogens is 546 g/mol. The number of carbonyl (C=O) groups excluding carboxylic acids is 2. The first kappa shape index (κ1) is 28.5. The van der Waals surface area contributed by atoms with Crippen molar-refractivity contribution in [1.29, 1.82) is 0 Å². The van der Waals surface area contributed by atoms with Crippen molar-refractivity contribution in [3.8, 4) is 17.0 Å². The van der Waals surface area contributed by atoms with E-state index in [0.29, 0.717) is 28.6 Å². The second-order valence-corrected chi connectivity index (χ2v) is 10.2. The molecule has 0 fully saturated rings. The van der Waals surface area contributed by atoms with Crippen LogP contribution in [0.1, 0.15) is 31.9 Å². The largest absolute Gasteiger partial charge is 0.497 e. The van der Waals surface area contributed by atoms with Gasteiger partial charge in [-0.2, -0.15) is 9.37 Å². The molecule has 8 nitrogen and oxygen atoms in total. The minimum Gasteiger partial charge on any atom is -0.497 e. The summed E-state index contributed by atoms with van der Waals surface area (Å²) in [6, 6.07) is 22.3. The molecule has 0 spiro atoms. The number of guanidine groups is 1. The maximum Gasteiger partial charge on any atom is 0.283 e. The Balaban J connectivity index is 1.37. The number of aliphatic imine (C=N–C) groups is 1. The summed E-state index contributed by atoms with van der Waals surface area (Å²) in [6.07, 6.45) is 3.24. The molecule has 0 bridgehead atoms. The fourth-order valence-corrected chi connectivity index (χ4v) is 4.85. The Morgan fingerprint density at radius 1 is 1.02 bits per heavy atom. The van der Waals surface area contributed by atoms with Crippen LogP contribution >= 0.6 is 23.1 Å². The number of aryl methyl sites for hydroxylation is 1. The smallest absolute Gasteiger partial charge is 0.283 e. The van der Waals surface area contributed by atoms with Gasteiger partial charge in [0.25, 0.3) is 5.91 Å². The highest BCUT2D eigenvalue weighted by molar-refractivity contribution is 7.06. The van der Waals surface area contributed by atoms with Crippen LogP contribution in [0.15, 0.2) is 83.9 Å². The van der Waals surface area contributed by atoms with E-state index in [0.717, 1.165) is 27.1 Å². The van der Waals surface area contributed by atoms with Gasteiger partial charge in [-0.25, -0.2) is 0 Å². The molecule has 0 aliphatic heterocycles. The van der Waals surface area contributed by atoms with Crippen LogP contribution in [-0.4, -0.2) is 29.3 Å². The second-order valence-electron chi connectivity index (χ2n) is 8.78. The van der Waals surface area contributed by atoms with Crippen molar-refractivity contribution in [2.45, 2.75) is 20.0 Å². The Bertz CT molecular complexity index is 1550. The number of nitrogens with zero attached hydrogens (tertiary/aromatic N) is 2. The summed E-state index contributed by atoms with van der Waals surface area (Å²) in [5.74, 6) is -0.0237. The Labute approximate surface area is 241 Å². The normalized spacial score (nSPS) is 11.4. The van der Waals surface area contributed by atoms with Gasteiger partial charge in [0.05, 0.1) is 18.4 Å². The van der Waals surface area contributed by atoms with Gasteiger partial charge in [-0.05, 0) is 77.6 Å². The van der Waals surface area contributed by atoms with Crippen molar-refractivity contribution in [1.82, 2.24) is 15.0 Å². The van der Waals surface area contributed by atoms with Crippen LogP contribution in [0.3, 0.4) is 0 Å². The van der Waals surface area contributed by atoms with Gasteiger partial charge in [-0.1, -0.05) is 48.0 Å². The minimum absolute atomic E-state index is 0.0304. The number of amides is 2. The zero-order valence-electron chi connectivity index (χ0n) is 22.0. The Hall–Kier alpha value is -4.47. The third kappa shape index (κ3) is 7.78. The van der Waals surface area contributed by atoms with E-state index in [-0.39, 0.29) is 18.4 Å². The number of nitrogens with one attached hydrogen (secondary N) is 2. The van der Waals surface area contributed by atoms with Crippen molar-refractivity contribution in [2.24, 2.45) is 10.7 Å². The van der Waals surface area contributed by atoms with Gasteiger partial charge in [0, 0.05) is 34.6 Å². The first-order valence-corrected chi connectivity index (χ1v) is 13.5. The van der Waals surface area contributed by atoms with E-state index in [1.807, 2.05) is 67.6 Å². The summed E-state index contributed by atoms with van der Waals surface area (Å²) >= 11 is 7.53. The molecule has 1 aromatic heterocycles. The number of hydrogen-bond donors (Lipinski definition) is 3. The molecule has 3 aromatic carbocycles. The number of aromatic nitrogens is 1. The van der Waals surface area contributed by atoms with Gasteiger partial charge < -0.3 is 21.1 Å². The Kier molecular flexibility index (Phi) is 9.66. The molecule has 204 valence electrons. The standard InChI is InChI=1S/C30H28ClN5O3S/c1-19-27(28(36-40-19)23-9-11-25(39-2)12-10-23)29(38)35-30(32)34-18-22-14-21(15-24(31)16-22)17-33-26(37)13-8-20-6-4-3-5-7-20/h3-16H,17-18H2,1-2H3,(H,33,37)(H3,32,34,35,38)/b13-8+. The van der Waals surface area contributed by atoms with E-state index in [4.69, 9.17) is 22.1 Å². The summed E-state index contributed by atoms with van der Waals surface area (Å²) in [7, 11) is 1.59. The van der Waals surface area contributed by atoms with Gasteiger partial charge in [0.15, 0.2) is 5.96 Å². The van der Waals surface area contributed by atoms with Gasteiger partial charge in [-0.15, -0.1) is 0 Å². The monoisotopic (exact) mass is 573 g/mol. The number of hydrogen-bond acceptors (Lipinski definition) is 5. The molecule has 4 N–H and O–H groups in total. The lowest BCUT2D eigenvalue weighted by molar-refractivity contribution is -0.116. The maximum absolute atomic E-state index is 13.0. The molecule has 0 aliphatic rings. The van der Waals surface area contributed by atoms with E-state index >= 15 is 0 Å². The molecule has 40 heavy (non-hydrogen) atoms. The third-order valence-electron chi connectivity index (χ3n) is 5.85. The van der Waals surface area contributed by atoms with Crippen LogP contribution in [0.25, 0.3) is 17.3 Å². The first-order valence-electron chi connectivity index (χ1n) is 12.3. The van der Waals surface area contributed by atoms with E-state index in [1.54, 1.807) is 25.3 Å². The number of benzene rings is 3. The predicted octanol–water partition coefficient (Wildman–Crippen LogP) is 5.35. The predicted molar refractivity (Wildman–Crippen MR) is 160 cm³/mol. The molecule has 0 radical (unpaired) electrons. The van der Waals surface area contributed by atoms with Crippen molar-refractivity contribution in [3.05, 3.63) is 111 Å². The van der Waals surface area contributed by atoms with Crippen molar-refractivity contribution < 1.29 is 14.3 Å². The Morgan fingerprint density at radius 3 is 2.38 bits per heavy atom. The van der Waals surface area contributed by atoms with Crippen molar-refractivity contribution in [2.75, 3.05) is 7.11 Å². The lowest BCUT2D eigenvalue weighted by Crippen LogP contribution is -2.32. The SMILES string of the molecule is COc1ccc(-c2nsc(C)c2C(=O)N=C(N)NCc2cc(Cl)cc(CNC(=O)/C=C/c3ccccc3)c2)cc1. The van der Waals surface area contributed by atoms with Crippen LogP contribution < -0.4 is 21.1 Å². The molecule has 1 heterocycles. The van der Waals surface area contributed by atoms with E-state index < -0.39 is 5.91 Å². The summed E-state index contributed by atoms with van der Waals surface area (Å²) in [5.41, 5.74) is 10.4. The molecule has 2 amide bonds. The lowest BCUT2D eigenvalue weighted by Gasteiger charge is -2.09. The second kappa shape index (κ2) is 13.5. The molecule has 0 atom stereocenters. The molecule has 10 heteroatoms. The van der Waals surface area contributed by atoms with Crippen LogP contribution in [0, 0.1) is 6.92 Å². The fraction of sp³-hybridized carbons (Fsp3) is 0.133. The summed E-state index contributed by atoms with van der Waals surface area (Å²) < 4.78 is 9.65. The van der Waals surface area contributed by atoms with E-state index in [1.165, 1.54) is 17.6 Å². The minimum atomic E-state index is -0.486. The van der Waals surface area contributed by atoms with Crippen molar-refractivity contribution >= 4 is 47.0 Å². The molecule has 4 aromatic rings. The van der Waals surface area contributed by atoms with Gasteiger partial charge in [-0.3, -0.25) is 9.59 Å². The lowest BCUT2D eigenvalue weighted by atomic mass is 10.1. The zero-order chi connectivity index (χ0) is 28.5. The fourth-order valence-electron chi connectivity index (χ4n) is 3.87. The Morgan fingerprint density at radius 2 is 1.70 bits per heavy atom. The van der Waals surface area contributed by atoms with Crippen LogP contribution in [0.4, 0.5) is 0 Å². The third-order valence-corrected chi connectivity index (χ3v) is 6.82. The van der Waals surface area contributed by atoms with Crippen LogP contribution in [0.2, 0.25) is 5.02 Å². The highest BCUT2D eigenvalue weighted by Crippen LogP contribution is 2.30. The highest BCUT2D eigenvalue weighted by atomic mass is 35.5. The summed E-state index contributed by atoms with van der Waals surface area (Å²) in [6.45, 7) is 2.40. The molecule has 0 saturated carbocycles. The van der Waals surface area contributed by atoms with Crippen molar-refractivity contribution in [3.63, 3.8) is 0 Å². The average molecular weight is 574 g/mol. The van der Waals surface area contributed by atoms with Crippen LogP contribution in [-0.2, 0) is 17.9 Å². The number of methoxy groups -OCH3 is 1. The zero-order valence-corrected chi connectivity index (χ0v) is 23.6. The average Bonchev–Trinajstić information content (AvgIpc) is 3.35. The van der Waals surface area contributed by atoms with Gasteiger partial charge in [0.1, 0.15) is 5.75 Å². The number of carbonyl (C=O) groups is 2.